The Labute approximate surface area is 176 Å². The van der Waals surface area contributed by atoms with Crippen molar-refractivity contribution in [3.63, 3.8) is 0 Å². The Morgan fingerprint density at radius 3 is 1.47 bits per heavy atom. The van der Waals surface area contributed by atoms with Crippen LogP contribution in [0.3, 0.4) is 0 Å². The van der Waals surface area contributed by atoms with Gasteiger partial charge >= 0.3 is 11.9 Å². The molecule has 3 aromatic rings. The maximum atomic E-state index is 13.4. The molecule has 3 aromatic carbocycles. The number of hydrogen-bond donors (Lipinski definition) is 1. The smallest absolute Gasteiger partial charge is 0.374 e. The summed E-state index contributed by atoms with van der Waals surface area (Å²) in [5.74, 6) is -5.69. The van der Waals surface area contributed by atoms with Crippen molar-refractivity contribution in [1.29, 1.82) is 0 Å². The molecule has 156 valence electrons. The summed E-state index contributed by atoms with van der Waals surface area (Å²) in [6.45, 7) is 0. The molecule has 0 fully saturated rings. The molecule has 5 heteroatoms. The standard InChI is InChI=1S/C25H25F2O2P/c26-25(27,24(28)29)19-11-4-12-20-30(21-13-5-1-6-14-21,22-15-7-2-8-16-22)23-17-9-3-10-18-23/h1-3,5-10,13-18H,4,11-12,19-20H2/p+1. The van der Waals surface area contributed by atoms with Crippen molar-refractivity contribution < 1.29 is 18.7 Å². The second-order valence-corrected chi connectivity index (χ2v) is 11.0. The molecule has 0 spiro atoms. The highest BCUT2D eigenvalue weighted by Gasteiger charge is 2.44. The van der Waals surface area contributed by atoms with Gasteiger partial charge in [0.1, 0.15) is 23.2 Å². The summed E-state index contributed by atoms with van der Waals surface area (Å²) in [5.41, 5.74) is 0. The molecule has 30 heavy (non-hydrogen) atoms. The molecule has 0 aromatic heterocycles. The monoisotopic (exact) mass is 427 g/mol. The van der Waals surface area contributed by atoms with E-state index < -0.39 is 25.6 Å². The fourth-order valence-electron chi connectivity index (χ4n) is 3.86. The van der Waals surface area contributed by atoms with Gasteiger partial charge in [-0.25, -0.2) is 4.79 Å². The highest BCUT2D eigenvalue weighted by Crippen LogP contribution is 2.56. The van der Waals surface area contributed by atoms with Gasteiger partial charge in [0.2, 0.25) is 0 Å². The van der Waals surface area contributed by atoms with Gasteiger partial charge in [0.25, 0.3) is 0 Å². The molecule has 1 N–H and O–H groups in total. The Bertz CT molecular complexity index is 834. The zero-order chi connectivity index (χ0) is 21.5. The lowest BCUT2D eigenvalue weighted by Crippen LogP contribution is -2.33. The Kier molecular flexibility index (Phi) is 7.33. The maximum absolute atomic E-state index is 13.4. The van der Waals surface area contributed by atoms with Crippen molar-refractivity contribution in [2.24, 2.45) is 0 Å². The fourth-order valence-corrected chi connectivity index (χ4v) is 8.27. The van der Waals surface area contributed by atoms with Gasteiger partial charge < -0.3 is 5.11 Å². The minimum Gasteiger partial charge on any atom is -0.477 e. The third-order valence-corrected chi connectivity index (χ3v) is 9.91. The van der Waals surface area contributed by atoms with Crippen LogP contribution in [-0.4, -0.2) is 23.2 Å². The van der Waals surface area contributed by atoms with Crippen LogP contribution >= 0.6 is 7.26 Å². The Balaban J connectivity index is 1.91. The van der Waals surface area contributed by atoms with Crippen LogP contribution in [-0.2, 0) is 4.79 Å². The van der Waals surface area contributed by atoms with Crippen LogP contribution in [0.15, 0.2) is 91.0 Å². The first-order valence-corrected chi connectivity index (χ1v) is 12.1. The largest absolute Gasteiger partial charge is 0.477 e. The lowest BCUT2D eigenvalue weighted by Gasteiger charge is -2.27. The number of halogens is 2. The number of benzene rings is 3. The van der Waals surface area contributed by atoms with Crippen molar-refractivity contribution in [3.8, 4) is 0 Å². The predicted molar refractivity (Wildman–Crippen MR) is 121 cm³/mol. The first-order valence-electron chi connectivity index (χ1n) is 10.1. The van der Waals surface area contributed by atoms with E-state index in [1.54, 1.807) is 0 Å². The number of rotatable bonds is 10. The molecular weight excluding hydrogens is 401 g/mol. The van der Waals surface area contributed by atoms with Crippen LogP contribution in [0.1, 0.15) is 25.7 Å². The molecule has 0 saturated carbocycles. The number of carboxylic acid groups (broad SMARTS) is 1. The quantitative estimate of drug-likeness (QED) is 0.354. The molecule has 0 unspecified atom stereocenters. The van der Waals surface area contributed by atoms with Gasteiger partial charge in [-0.2, -0.15) is 8.78 Å². The predicted octanol–water partition coefficient (Wildman–Crippen LogP) is 5.26. The van der Waals surface area contributed by atoms with Crippen molar-refractivity contribution in [1.82, 2.24) is 0 Å². The van der Waals surface area contributed by atoms with E-state index in [1.807, 2.05) is 54.6 Å². The van der Waals surface area contributed by atoms with Crippen LogP contribution in [0, 0.1) is 0 Å². The normalized spacial score (nSPS) is 11.9. The van der Waals surface area contributed by atoms with Crippen molar-refractivity contribution >= 4 is 29.1 Å². The van der Waals surface area contributed by atoms with Crippen LogP contribution in [0.4, 0.5) is 8.78 Å². The molecule has 0 heterocycles. The molecule has 0 atom stereocenters. The lowest BCUT2D eigenvalue weighted by atomic mass is 10.1. The first kappa shape index (κ1) is 22.1. The summed E-state index contributed by atoms with van der Waals surface area (Å²) >= 11 is 0. The van der Waals surface area contributed by atoms with Gasteiger partial charge in [0.05, 0.1) is 6.16 Å². The number of carboxylic acids is 1. The highest BCUT2D eigenvalue weighted by atomic mass is 31.2. The fraction of sp³-hybridized carbons (Fsp3) is 0.240. The average Bonchev–Trinajstić information content (AvgIpc) is 2.78. The van der Waals surface area contributed by atoms with Gasteiger partial charge in [-0.05, 0) is 55.7 Å². The maximum Gasteiger partial charge on any atom is 0.374 e. The van der Waals surface area contributed by atoms with Crippen LogP contribution in [0.2, 0.25) is 0 Å². The number of alkyl halides is 2. The molecule has 0 bridgehead atoms. The van der Waals surface area contributed by atoms with Crippen LogP contribution < -0.4 is 15.9 Å². The van der Waals surface area contributed by atoms with E-state index in [4.69, 9.17) is 5.11 Å². The zero-order valence-corrected chi connectivity index (χ0v) is 17.6. The van der Waals surface area contributed by atoms with E-state index in [0.29, 0.717) is 6.42 Å². The van der Waals surface area contributed by atoms with E-state index in [2.05, 4.69) is 36.4 Å². The van der Waals surface area contributed by atoms with Gasteiger partial charge in [0.15, 0.2) is 0 Å². The SMILES string of the molecule is O=C(O)C(F)(F)CCCCC[P+](c1ccccc1)(c1ccccc1)c1ccccc1. The van der Waals surface area contributed by atoms with Gasteiger partial charge in [-0.1, -0.05) is 54.6 Å². The summed E-state index contributed by atoms with van der Waals surface area (Å²) in [5, 5.41) is 12.4. The van der Waals surface area contributed by atoms with Crippen LogP contribution in [0.5, 0.6) is 0 Å². The van der Waals surface area contributed by atoms with Gasteiger partial charge in [-0.3, -0.25) is 0 Å². The molecule has 3 rings (SSSR count). The third kappa shape index (κ3) is 4.94. The molecule has 0 aliphatic rings. The summed E-state index contributed by atoms with van der Waals surface area (Å²) < 4.78 is 26.8. The van der Waals surface area contributed by atoms with Crippen molar-refractivity contribution in [2.45, 2.75) is 31.6 Å². The molecule has 0 aliphatic heterocycles. The molecule has 0 radical (unpaired) electrons. The van der Waals surface area contributed by atoms with E-state index in [0.717, 1.165) is 12.6 Å². The van der Waals surface area contributed by atoms with Gasteiger partial charge in [0, 0.05) is 6.42 Å². The molecule has 0 amide bonds. The number of unbranched alkanes of at least 4 members (excludes halogenated alkanes) is 2. The van der Waals surface area contributed by atoms with Crippen molar-refractivity contribution in [2.75, 3.05) is 6.16 Å². The molecule has 0 saturated heterocycles. The second-order valence-electron chi connectivity index (χ2n) is 7.36. The van der Waals surface area contributed by atoms with E-state index in [-0.39, 0.29) is 6.42 Å². The minimum absolute atomic E-state index is 0.192. The molecule has 2 nitrogen and oxygen atoms in total. The molecule has 0 aliphatic carbocycles. The minimum atomic E-state index is -3.65. The number of aliphatic carboxylic acids is 1. The summed E-state index contributed by atoms with van der Waals surface area (Å²) in [7, 11) is -1.96. The second kappa shape index (κ2) is 9.95. The topological polar surface area (TPSA) is 37.3 Å². The summed E-state index contributed by atoms with van der Waals surface area (Å²) in [4.78, 5) is 10.7. The Hall–Kier alpha value is -2.58. The Morgan fingerprint density at radius 1 is 0.700 bits per heavy atom. The van der Waals surface area contributed by atoms with Crippen molar-refractivity contribution in [3.05, 3.63) is 91.0 Å². The Morgan fingerprint density at radius 2 is 1.10 bits per heavy atom. The highest BCUT2D eigenvalue weighted by molar-refractivity contribution is 7.95. The third-order valence-electron chi connectivity index (χ3n) is 5.39. The van der Waals surface area contributed by atoms with Gasteiger partial charge in [-0.15, -0.1) is 0 Å². The average molecular weight is 427 g/mol. The zero-order valence-electron chi connectivity index (χ0n) is 16.8. The number of carbonyl (C=O) groups is 1. The van der Waals surface area contributed by atoms with E-state index >= 15 is 0 Å². The molecular formula is C25H26F2O2P+. The summed E-state index contributed by atoms with van der Waals surface area (Å²) in [6, 6.07) is 31.2. The first-order chi connectivity index (χ1) is 14.5. The summed E-state index contributed by atoms with van der Waals surface area (Å²) in [6.07, 6.45) is 1.75. The van der Waals surface area contributed by atoms with Crippen LogP contribution in [0.25, 0.3) is 0 Å². The lowest BCUT2D eigenvalue weighted by molar-refractivity contribution is -0.165. The van der Waals surface area contributed by atoms with E-state index in [9.17, 15) is 13.6 Å². The van der Waals surface area contributed by atoms with E-state index in [1.165, 1.54) is 15.9 Å². The number of hydrogen-bond acceptors (Lipinski definition) is 1.